The molecule has 114 valence electrons. The van der Waals surface area contributed by atoms with Crippen molar-refractivity contribution in [2.45, 2.75) is 32.8 Å². The third-order valence-electron chi connectivity index (χ3n) is 3.17. The van der Waals surface area contributed by atoms with Crippen molar-refractivity contribution < 1.29 is 9.53 Å². The summed E-state index contributed by atoms with van der Waals surface area (Å²) in [6.45, 7) is 6.09. The zero-order chi connectivity index (χ0) is 15.7. The Morgan fingerprint density at radius 3 is 2.91 bits per heavy atom. The van der Waals surface area contributed by atoms with E-state index in [1.165, 1.54) is 0 Å². The lowest BCUT2D eigenvalue weighted by molar-refractivity contribution is -0.146. The van der Waals surface area contributed by atoms with E-state index in [1.807, 2.05) is 39.1 Å². The van der Waals surface area contributed by atoms with Crippen molar-refractivity contribution in [2.75, 3.05) is 6.54 Å². The molecule has 1 aliphatic heterocycles. The average Bonchev–Trinajstić information content (AvgIpc) is 2.93. The second kappa shape index (κ2) is 5.36. The molecule has 1 aliphatic rings. The minimum Gasteiger partial charge on any atom is -0.455 e. The van der Waals surface area contributed by atoms with E-state index in [9.17, 15) is 4.79 Å². The molecular weight excluding hydrogens is 280 g/mol. The molecule has 0 fully saturated rings. The molecule has 0 spiro atoms. The zero-order valence-corrected chi connectivity index (χ0v) is 12.9. The van der Waals surface area contributed by atoms with Gasteiger partial charge in [-0.2, -0.15) is 5.10 Å². The lowest BCUT2D eigenvalue weighted by Gasteiger charge is -2.20. The third kappa shape index (κ3) is 3.05. The van der Waals surface area contributed by atoms with Crippen LogP contribution in [0.3, 0.4) is 0 Å². The topological polar surface area (TPSA) is 68.8 Å². The number of fused-ring (bicyclic) bond motifs is 1. The first-order valence-corrected chi connectivity index (χ1v) is 7.21. The molecule has 0 atom stereocenters. The molecule has 22 heavy (non-hydrogen) atoms. The van der Waals surface area contributed by atoms with Gasteiger partial charge >= 0.3 is 5.97 Å². The van der Waals surface area contributed by atoms with E-state index in [-0.39, 0.29) is 0 Å². The molecule has 2 aromatic heterocycles. The summed E-state index contributed by atoms with van der Waals surface area (Å²) in [4.78, 5) is 20.9. The van der Waals surface area contributed by atoms with Crippen molar-refractivity contribution in [3.8, 4) is 0 Å². The Balaban J connectivity index is 1.87. The molecule has 3 heterocycles. The van der Waals surface area contributed by atoms with Gasteiger partial charge in [0.1, 0.15) is 11.3 Å². The van der Waals surface area contributed by atoms with Gasteiger partial charge in [-0.05, 0) is 44.9 Å². The molecule has 0 saturated heterocycles. The Hall–Kier alpha value is -2.50. The highest BCUT2D eigenvalue weighted by Gasteiger charge is 2.22. The summed E-state index contributed by atoms with van der Waals surface area (Å²) in [6.07, 6.45) is 6.09. The number of carbonyl (C=O) groups excluding carboxylic acids is 1. The molecule has 3 rings (SSSR count). The first kappa shape index (κ1) is 14.4. The Bertz CT molecular complexity index is 781. The zero-order valence-electron chi connectivity index (χ0n) is 12.9. The lowest BCUT2D eigenvalue weighted by Crippen LogP contribution is -2.29. The number of nitrogens with zero attached hydrogens (tertiary/aromatic N) is 4. The number of dihydropyridines is 1. The molecule has 0 unspecified atom stereocenters. The summed E-state index contributed by atoms with van der Waals surface area (Å²) in [5.41, 5.74) is 2.43. The smallest absolute Gasteiger partial charge is 0.356 e. The van der Waals surface area contributed by atoms with Gasteiger partial charge in [0.2, 0.25) is 0 Å². The van der Waals surface area contributed by atoms with Crippen LogP contribution in [-0.4, -0.2) is 38.4 Å². The van der Waals surface area contributed by atoms with Crippen molar-refractivity contribution in [3.05, 3.63) is 36.3 Å². The predicted octanol–water partition coefficient (Wildman–Crippen LogP) is 2.30. The maximum Gasteiger partial charge on any atom is 0.356 e. The number of hydrogen-bond donors (Lipinski definition) is 0. The van der Waals surface area contributed by atoms with E-state index in [0.29, 0.717) is 12.3 Å². The van der Waals surface area contributed by atoms with Crippen LogP contribution in [0.2, 0.25) is 0 Å². The van der Waals surface area contributed by atoms with E-state index in [2.05, 4.69) is 15.1 Å². The number of esters is 1. The lowest BCUT2D eigenvalue weighted by atomic mass is 10.0. The van der Waals surface area contributed by atoms with Crippen LogP contribution in [0.25, 0.3) is 11.2 Å². The van der Waals surface area contributed by atoms with Crippen LogP contribution in [0.5, 0.6) is 0 Å². The van der Waals surface area contributed by atoms with Crippen molar-refractivity contribution in [1.82, 2.24) is 14.6 Å². The second-order valence-electron chi connectivity index (χ2n) is 6.14. The number of aliphatic imine (C=N–C) groups is 1. The van der Waals surface area contributed by atoms with Gasteiger partial charge in [0, 0.05) is 18.8 Å². The molecule has 0 saturated carbocycles. The number of rotatable bonds is 2. The minimum absolute atomic E-state index is 0.353. The first-order valence-electron chi connectivity index (χ1n) is 7.21. The van der Waals surface area contributed by atoms with Gasteiger partial charge in [-0.25, -0.2) is 14.3 Å². The van der Waals surface area contributed by atoms with Crippen LogP contribution in [0, 0.1) is 0 Å². The fourth-order valence-corrected chi connectivity index (χ4v) is 2.23. The van der Waals surface area contributed by atoms with Crippen LogP contribution in [0.1, 0.15) is 32.9 Å². The van der Waals surface area contributed by atoms with Crippen LogP contribution in [-0.2, 0) is 9.53 Å². The van der Waals surface area contributed by atoms with Crippen molar-refractivity contribution in [1.29, 1.82) is 0 Å². The summed E-state index contributed by atoms with van der Waals surface area (Å²) in [7, 11) is 0. The second-order valence-corrected chi connectivity index (χ2v) is 6.14. The fraction of sp³-hybridized carbons (Fsp3) is 0.375. The van der Waals surface area contributed by atoms with Gasteiger partial charge in [-0.3, -0.25) is 4.99 Å². The largest absolute Gasteiger partial charge is 0.455 e. The summed E-state index contributed by atoms with van der Waals surface area (Å²) in [6, 6.07) is 3.74. The van der Waals surface area contributed by atoms with E-state index in [1.54, 1.807) is 16.8 Å². The molecular formula is C16H18N4O2. The van der Waals surface area contributed by atoms with Crippen LogP contribution in [0.15, 0.2) is 35.6 Å². The monoisotopic (exact) mass is 298 g/mol. The molecule has 0 radical (unpaired) electrons. The summed E-state index contributed by atoms with van der Waals surface area (Å²) in [5, 5.41) is 4.13. The van der Waals surface area contributed by atoms with Gasteiger partial charge in [-0.1, -0.05) is 0 Å². The van der Waals surface area contributed by atoms with Gasteiger partial charge in [0.15, 0.2) is 5.65 Å². The fourth-order valence-electron chi connectivity index (χ4n) is 2.23. The standard InChI is InChI=1S/C16H18N4O2/c1-16(2,3)22-15(21)13-10-11(4-7-17-13)12-6-9-20-14(19-12)5-8-18-20/h5-6,8-10H,4,7H2,1-3H3. The predicted molar refractivity (Wildman–Crippen MR) is 83.7 cm³/mol. The van der Waals surface area contributed by atoms with E-state index in [0.717, 1.165) is 23.3 Å². The average molecular weight is 298 g/mol. The van der Waals surface area contributed by atoms with Crippen molar-refractivity contribution in [2.24, 2.45) is 4.99 Å². The van der Waals surface area contributed by atoms with E-state index < -0.39 is 11.6 Å². The molecule has 6 heteroatoms. The number of hydrogen-bond acceptors (Lipinski definition) is 5. The van der Waals surface area contributed by atoms with Crippen LogP contribution >= 0.6 is 0 Å². The Morgan fingerprint density at radius 1 is 1.32 bits per heavy atom. The number of aromatic nitrogens is 3. The Kier molecular flexibility index (Phi) is 3.52. The molecule has 6 nitrogen and oxygen atoms in total. The summed E-state index contributed by atoms with van der Waals surface area (Å²) in [5.74, 6) is -0.393. The van der Waals surface area contributed by atoms with Crippen molar-refractivity contribution >= 4 is 22.9 Å². The van der Waals surface area contributed by atoms with E-state index >= 15 is 0 Å². The highest BCUT2D eigenvalue weighted by molar-refractivity contribution is 6.42. The van der Waals surface area contributed by atoms with E-state index in [4.69, 9.17) is 4.74 Å². The van der Waals surface area contributed by atoms with Gasteiger partial charge in [-0.15, -0.1) is 0 Å². The third-order valence-corrected chi connectivity index (χ3v) is 3.17. The van der Waals surface area contributed by atoms with Gasteiger partial charge in [0.05, 0.1) is 11.9 Å². The normalized spacial score (nSPS) is 15.4. The number of ether oxygens (including phenoxy) is 1. The van der Waals surface area contributed by atoms with Gasteiger partial charge in [0.25, 0.3) is 0 Å². The molecule has 0 aliphatic carbocycles. The highest BCUT2D eigenvalue weighted by atomic mass is 16.6. The Labute approximate surface area is 128 Å². The first-order chi connectivity index (χ1) is 10.4. The van der Waals surface area contributed by atoms with Crippen LogP contribution in [0.4, 0.5) is 0 Å². The molecule has 0 N–H and O–H groups in total. The quantitative estimate of drug-likeness (QED) is 0.798. The molecule has 0 amide bonds. The van der Waals surface area contributed by atoms with Gasteiger partial charge < -0.3 is 4.74 Å². The highest BCUT2D eigenvalue weighted by Crippen LogP contribution is 2.21. The maximum atomic E-state index is 12.1. The summed E-state index contributed by atoms with van der Waals surface area (Å²) >= 11 is 0. The van der Waals surface area contributed by atoms with Crippen LogP contribution < -0.4 is 0 Å². The maximum absolute atomic E-state index is 12.1. The minimum atomic E-state index is -0.528. The SMILES string of the molecule is CC(C)(C)OC(=O)C1=NCCC(c2ccn3nccc3n2)=C1. The molecule has 0 bridgehead atoms. The number of carbonyl (C=O) groups is 1. The molecule has 0 aromatic carbocycles. The van der Waals surface area contributed by atoms with Crippen molar-refractivity contribution in [3.63, 3.8) is 0 Å². The Morgan fingerprint density at radius 2 is 2.14 bits per heavy atom. The summed E-state index contributed by atoms with van der Waals surface area (Å²) < 4.78 is 7.07. The molecule has 2 aromatic rings.